The highest BCUT2D eigenvalue weighted by Crippen LogP contribution is 2.22. The second kappa shape index (κ2) is 5.60. The van der Waals surface area contributed by atoms with Crippen molar-refractivity contribution in [2.75, 3.05) is 11.9 Å². The van der Waals surface area contributed by atoms with E-state index in [9.17, 15) is 4.79 Å². The number of rotatable bonds is 3. The van der Waals surface area contributed by atoms with Crippen LogP contribution >= 0.6 is 11.3 Å². The van der Waals surface area contributed by atoms with E-state index in [4.69, 9.17) is 4.74 Å². The minimum absolute atomic E-state index is 0.00523. The van der Waals surface area contributed by atoms with Crippen LogP contribution in [0.25, 0.3) is 0 Å². The van der Waals surface area contributed by atoms with E-state index in [0.29, 0.717) is 11.6 Å². The highest BCUT2D eigenvalue weighted by atomic mass is 32.1. The predicted octanol–water partition coefficient (Wildman–Crippen LogP) is 2.66. The average molecular weight is 254 g/mol. The molecule has 1 amide bonds. The third kappa shape index (κ3) is 3.51. The predicted molar refractivity (Wildman–Crippen MR) is 68.4 cm³/mol. The second-order valence-corrected chi connectivity index (χ2v) is 5.60. The zero-order chi connectivity index (χ0) is 12.3. The number of nitrogens with zero attached hydrogens (tertiary/aromatic N) is 1. The molecule has 94 valence electrons. The van der Waals surface area contributed by atoms with Crippen LogP contribution in [-0.2, 0) is 9.53 Å². The first-order valence-electron chi connectivity index (χ1n) is 6.00. The largest absolute Gasteiger partial charge is 0.378 e. The van der Waals surface area contributed by atoms with Gasteiger partial charge in [0.25, 0.3) is 0 Å². The van der Waals surface area contributed by atoms with Gasteiger partial charge in [-0.3, -0.25) is 4.79 Å². The van der Waals surface area contributed by atoms with E-state index in [-0.39, 0.29) is 12.0 Å². The van der Waals surface area contributed by atoms with Crippen LogP contribution in [0.15, 0.2) is 0 Å². The summed E-state index contributed by atoms with van der Waals surface area (Å²) in [5.41, 5.74) is 0.985. The first-order valence-corrected chi connectivity index (χ1v) is 6.82. The average Bonchev–Trinajstić information content (AvgIpc) is 2.59. The molecule has 1 fully saturated rings. The molecule has 0 aromatic carbocycles. The van der Waals surface area contributed by atoms with Crippen molar-refractivity contribution < 1.29 is 9.53 Å². The number of hydrogen-bond acceptors (Lipinski definition) is 4. The normalized spacial score (nSPS) is 20.2. The molecule has 1 aliphatic rings. The van der Waals surface area contributed by atoms with E-state index >= 15 is 0 Å². The molecule has 5 heteroatoms. The molecule has 1 aromatic rings. The Kier molecular flexibility index (Phi) is 4.12. The molecular formula is C12H18N2O2S. The fraction of sp³-hybridized carbons (Fsp3) is 0.667. The number of hydrogen-bond donors (Lipinski definition) is 1. The Bertz CT molecular complexity index is 378. The molecule has 1 unspecified atom stereocenters. The van der Waals surface area contributed by atoms with E-state index < -0.39 is 0 Å². The van der Waals surface area contributed by atoms with Gasteiger partial charge in [0.1, 0.15) is 0 Å². The fourth-order valence-electron chi connectivity index (χ4n) is 1.87. The summed E-state index contributed by atoms with van der Waals surface area (Å²) in [6, 6.07) is 0. The van der Waals surface area contributed by atoms with Gasteiger partial charge in [0.15, 0.2) is 5.13 Å². The Morgan fingerprint density at radius 2 is 2.35 bits per heavy atom. The molecule has 0 aliphatic carbocycles. The first kappa shape index (κ1) is 12.5. The second-order valence-electron chi connectivity index (χ2n) is 4.40. The van der Waals surface area contributed by atoms with Crippen LogP contribution in [0.5, 0.6) is 0 Å². The van der Waals surface area contributed by atoms with Gasteiger partial charge in [0.05, 0.1) is 18.2 Å². The van der Waals surface area contributed by atoms with Gasteiger partial charge in [0.2, 0.25) is 5.91 Å². The van der Waals surface area contributed by atoms with E-state index in [1.54, 1.807) is 0 Å². The number of carbonyl (C=O) groups excluding carboxylic acids is 1. The van der Waals surface area contributed by atoms with Crippen molar-refractivity contribution in [1.29, 1.82) is 0 Å². The molecule has 17 heavy (non-hydrogen) atoms. The smallest absolute Gasteiger partial charge is 0.228 e. The molecule has 2 heterocycles. The summed E-state index contributed by atoms with van der Waals surface area (Å²) in [6.45, 7) is 4.74. The Morgan fingerprint density at radius 1 is 1.53 bits per heavy atom. The van der Waals surface area contributed by atoms with Crippen molar-refractivity contribution in [2.24, 2.45) is 0 Å². The van der Waals surface area contributed by atoms with Gasteiger partial charge in [-0.15, -0.1) is 11.3 Å². The lowest BCUT2D eigenvalue weighted by atomic mass is 10.1. The maximum absolute atomic E-state index is 11.8. The summed E-state index contributed by atoms with van der Waals surface area (Å²) in [5, 5.41) is 3.53. The summed E-state index contributed by atoms with van der Waals surface area (Å²) in [6.07, 6.45) is 3.79. The maximum Gasteiger partial charge on any atom is 0.228 e. The number of aryl methyl sites for hydroxylation is 2. The number of amides is 1. The number of thiazole rings is 1. The number of anilines is 1. The topological polar surface area (TPSA) is 51.2 Å². The van der Waals surface area contributed by atoms with Crippen LogP contribution in [0.1, 0.15) is 36.3 Å². The maximum atomic E-state index is 11.8. The van der Waals surface area contributed by atoms with Crippen molar-refractivity contribution >= 4 is 22.4 Å². The van der Waals surface area contributed by atoms with Crippen LogP contribution in [0.4, 0.5) is 5.13 Å². The zero-order valence-electron chi connectivity index (χ0n) is 10.3. The van der Waals surface area contributed by atoms with Gasteiger partial charge in [-0.2, -0.15) is 0 Å². The Labute approximate surface area is 105 Å². The van der Waals surface area contributed by atoms with Crippen molar-refractivity contribution in [2.45, 2.75) is 45.6 Å². The van der Waals surface area contributed by atoms with Crippen LogP contribution in [0.2, 0.25) is 0 Å². The first-order chi connectivity index (χ1) is 8.15. The molecule has 1 saturated heterocycles. The molecule has 0 saturated carbocycles. The van der Waals surface area contributed by atoms with Gasteiger partial charge in [-0.1, -0.05) is 0 Å². The molecule has 1 aromatic heterocycles. The Hall–Kier alpha value is -0.940. The molecule has 1 aliphatic heterocycles. The quantitative estimate of drug-likeness (QED) is 0.902. The summed E-state index contributed by atoms with van der Waals surface area (Å²) in [7, 11) is 0. The number of ether oxygens (including phenoxy) is 1. The van der Waals surface area contributed by atoms with Crippen LogP contribution in [0, 0.1) is 13.8 Å². The van der Waals surface area contributed by atoms with Gasteiger partial charge in [-0.05, 0) is 33.1 Å². The SMILES string of the molecule is Cc1nc(NC(=O)CC2CCCCO2)sc1C. The summed E-state index contributed by atoms with van der Waals surface area (Å²) >= 11 is 1.52. The number of nitrogens with one attached hydrogen (secondary N) is 1. The van der Waals surface area contributed by atoms with Gasteiger partial charge in [0, 0.05) is 11.5 Å². The van der Waals surface area contributed by atoms with Crippen molar-refractivity contribution in [3.05, 3.63) is 10.6 Å². The van der Waals surface area contributed by atoms with E-state index in [0.717, 1.165) is 36.4 Å². The molecule has 1 N–H and O–H groups in total. The standard InChI is InChI=1S/C12H18N2O2S/c1-8-9(2)17-12(13-8)14-11(15)7-10-5-3-4-6-16-10/h10H,3-7H2,1-2H3,(H,13,14,15). The van der Waals surface area contributed by atoms with Gasteiger partial charge >= 0.3 is 0 Å². The third-order valence-electron chi connectivity index (χ3n) is 2.96. The molecule has 1 atom stereocenters. The zero-order valence-corrected chi connectivity index (χ0v) is 11.1. The number of carbonyl (C=O) groups is 1. The highest BCUT2D eigenvalue weighted by Gasteiger charge is 2.18. The van der Waals surface area contributed by atoms with E-state index in [1.165, 1.54) is 11.3 Å². The Morgan fingerprint density at radius 3 is 2.94 bits per heavy atom. The van der Waals surface area contributed by atoms with Crippen molar-refractivity contribution in [3.63, 3.8) is 0 Å². The molecular weight excluding hydrogens is 236 g/mol. The molecule has 0 bridgehead atoms. The molecule has 4 nitrogen and oxygen atoms in total. The van der Waals surface area contributed by atoms with Crippen molar-refractivity contribution in [1.82, 2.24) is 4.98 Å². The molecule has 0 spiro atoms. The minimum atomic E-state index is 0.00523. The number of aromatic nitrogens is 1. The summed E-state index contributed by atoms with van der Waals surface area (Å²) in [5.74, 6) is 0.00523. The summed E-state index contributed by atoms with van der Waals surface area (Å²) < 4.78 is 5.54. The lowest BCUT2D eigenvalue weighted by Gasteiger charge is -2.21. The lowest BCUT2D eigenvalue weighted by molar-refractivity contribution is -0.119. The van der Waals surface area contributed by atoms with E-state index in [2.05, 4.69) is 10.3 Å². The minimum Gasteiger partial charge on any atom is -0.378 e. The fourth-order valence-corrected chi connectivity index (χ4v) is 2.70. The van der Waals surface area contributed by atoms with Crippen LogP contribution in [0.3, 0.4) is 0 Å². The van der Waals surface area contributed by atoms with Crippen LogP contribution in [-0.4, -0.2) is 23.6 Å². The third-order valence-corrected chi connectivity index (χ3v) is 3.95. The molecule has 2 rings (SSSR count). The summed E-state index contributed by atoms with van der Waals surface area (Å²) in [4.78, 5) is 17.2. The highest BCUT2D eigenvalue weighted by molar-refractivity contribution is 7.15. The molecule has 0 radical (unpaired) electrons. The van der Waals surface area contributed by atoms with E-state index in [1.807, 2.05) is 13.8 Å². The van der Waals surface area contributed by atoms with Gasteiger partial charge < -0.3 is 10.1 Å². The van der Waals surface area contributed by atoms with Crippen LogP contribution < -0.4 is 5.32 Å². The lowest BCUT2D eigenvalue weighted by Crippen LogP contribution is -2.25. The van der Waals surface area contributed by atoms with Crippen molar-refractivity contribution in [3.8, 4) is 0 Å². The van der Waals surface area contributed by atoms with Gasteiger partial charge in [-0.25, -0.2) is 4.98 Å². The monoisotopic (exact) mass is 254 g/mol. The Balaban J connectivity index is 1.84.